The Morgan fingerprint density at radius 1 is 1.09 bits per heavy atom. The highest BCUT2D eigenvalue weighted by Gasteiger charge is 2.48. The van der Waals surface area contributed by atoms with Gasteiger partial charge in [0, 0.05) is 17.6 Å². The Kier molecular flexibility index (Phi) is 7.13. The third-order valence-corrected chi connectivity index (χ3v) is 7.56. The molecule has 2 amide bonds. The van der Waals surface area contributed by atoms with Crippen molar-refractivity contribution >= 4 is 29.1 Å². The molecule has 184 valence electrons. The molecule has 3 fully saturated rings. The van der Waals surface area contributed by atoms with Gasteiger partial charge in [-0.15, -0.1) is 0 Å². The standard InChI is InChI=1S/C27H31N3O4S/c1-17(7-8-18-5-3-2-4-6-18)28-25(31)20-11-9-19(10-12-20)15-30-26(32)21-13-23-24(34-16-33-23)14-22(21)29-27(30)35/h2-6,9-12,17,21-24H,7-8,13-16H2,1H3,(H,28,31)(H,29,35). The zero-order valence-corrected chi connectivity index (χ0v) is 20.6. The van der Waals surface area contributed by atoms with E-state index in [2.05, 4.69) is 22.8 Å². The molecule has 2 aliphatic heterocycles. The molecule has 0 radical (unpaired) electrons. The quantitative estimate of drug-likeness (QED) is 0.577. The molecule has 2 N–H and O–H groups in total. The summed E-state index contributed by atoms with van der Waals surface area (Å²) in [4.78, 5) is 27.6. The molecule has 5 rings (SSSR count). The second kappa shape index (κ2) is 10.4. The minimum absolute atomic E-state index is 0.0100. The first kappa shape index (κ1) is 23.9. The van der Waals surface area contributed by atoms with Gasteiger partial charge in [0.2, 0.25) is 5.91 Å². The number of ether oxygens (including phenoxy) is 2. The summed E-state index contributed by atoms with van der Waals surface area (Å²) >= 11 is 5.52. The molecule has 1 aliphatic carbocycles. The first-order valence-corrected chi connectivity index (χ1v) is 12.7. The van der Waals surface area contributed by atoms with Crippen molar-refractivity contribution < 1.29 is 19.1 Å². The van der Waals surface area contributed by atoms with Gasteiger partial charge in [0.1, 0.15) is 6.79 Å². The molecular weight excluding hydrogens is 462 g/mol. The van der Waals surface area contributed by atoms with Crippen molar-refractivity contribution in [2.45, 2.75) is 63.4 Å². The van der Waals surface area contributed by atoms with Crippen molar-refractivity contribution in [3.8, 4) is 0 Å². The van der Waals surface area contributed by atoms with Gasteiger partial charge in [0.25, 0.3) is 5.91 Å². The van der Waals surface area contributed by atoms with Gasteiger partial charge in [-0.1, -0.05) is 42.5 Å². The van der Waals surface area contributed by atoms with Crippen molar-refractivity contribution in [3.05, 3.63) is 71.3 Å². The molecule has 5 atom stereocenters. The highest BCUT2D eigenvalue weighted by molar-refractivity contribution is 7.80. The van der Waals surface area contributed by atoms with Crippen molar-refractivity contribution in [2.75, 3.05) is 6.79 Å². The lowest BCUT2D eigenvalue weighted by atomic mass is 9.79. The third kappa shape index (κ3) is 5.39. The maximum Gasteiger partial charge on any atom is 0.251 e. The van der Waals surface area contributed by atoms with Crippen molar-refractivity contribution in [1.29, 1.82) is 0 Å². The van der Waals surface area contributed by atoms with Gasteiger partial charge in [-0.3, -0.25) is 14.5 Å². The van der Waals surface area contributed by atoms with Crippen LogP contribution in [0, 0.1) is 5.92 Å². The number of hydrogen-bond donors (Lipinski definition) is 2. The van der Waals surface area contributed by atoms with Gasteiger partial charge in [-0.05, 0) is 68.1 Å². The lowest BCUT2D eigenvalue weighted by Gasteiger charge is -2.44. The maximum absolute atomic E-state index is 13.3. The normalized spacial score (nSPS) is 26.5. The molecule has 35 heavy (non-hydrogen) atoms. The average Bonchev–Trinajstić information content (AvgIpc) is 3.33. The summed E-state index contributed by atoms with van der Waals surface area (Å²) in [5, 5.41) is 6.86. The number of benzene rings is 2. The molecule has 2 heterocycles. The van der Waals surface area contributed by atoms with Gasteiger partial charge in [-0.2, -0.15) is 0 Å². The number of nitrogens with one attached hydrogen (secondary N) is 2. The summed E-state index contributed by atoms with van der Waals surface area (Å²) < 4.78 is 11.3. The van der Waals surface area contributed by atoms with Crippen molar-refractivity contribution in [1.82, 2.24) is 15.5 Å². The monoisotopic (exact) mass is 493 g/mol. The largest absolute Gasteiger partial charge is 0.359 e. The average molecular weight is 494 g/mol. The molecule has 2 aromatic rings. The summed E-state index contributed by atoms with van der Waals surface area (Å²) in [6.07, 6.45) is 3.16. The van der Waals surface area contributed by atoms with E-state index in [1.807, 2.05) is 37.3 Å². The van der Waals surface area contributed by atoms with Crippen LogP contribution in [0.15, 0.2) is 54.6 Å². The summed E-state index contributed by atoms with van der Waals surface area (Å²) in [5.41, 5.74) is 2.78. The number of amides is 2. The number of fused-ring (bicyclic) bond motifs is 2. The lowest BCUT2D eigenvalue weighted by Crippen LogP contribution is -2.63. The Labute approximate surface area is 211 Å². The zero-order chi connectivity index (χ0) is 24.4. The minimum atomic E-state index is -0.174. The fraction of sp³-hybridized carbons (Fsp3) is 0.444. The summed E-state index contributed by atoms with van der Waals surface area (Å²) in [5.74, 6) is -0.240. The second-order valence-corrected chi connectivity index (χ2v) is 10.1. The smallest absolute Gasteiger partial charge is 0.251 e. The van der Waals surface area contributed by atoms with Crippen molar-refractivity contribution in [2.24, 2.45) is 5.92 Å². The number of hydrogen-bond acceptors (Lipinski definition) is 5. The maximum atomic E-state index is 13.3. The van der Waals surface area contributed by atoms with E-state index in [9.17, 15) is 9.59 Å². The molecule has 1 saturated carbocycles. The van der Waals surface area contributed by atoms with Gasteiger partial charge in [-0.25, -0.2) is 0 Å². The summed E-state index contributed by atoms with van der Waals surface area (Å²) in [6.45, 7) is 2.69. The van der Waals surface area contributed by atoms with E-state index in [4.69, 9.17) is 21.7 Å². The molecular formula is C27H31N3O4S. The molecule has 0 aromatic heterocycles. The topological polar surface area (TPSA) is 79.9 Å². The molecule has 5 unspecified atom stereocenters. The molecule has 8 heteroatoms. The molecule has 0 spiro atoms. The Hall–Kier alpha value is -2.81. The number of nitrogens with zero attached hydrogens (tertiary/aromatic N) is 1. The number of thiocarbonyl (C=S) groups is 1. The number of carbonyl (C=O) groups excluding carboxylic acids is 2. The second-order valence-electron chi connectivity index (χ2n) is 9.68. The fourth-order valence-electron chi connectivity index (χ4n) is 5.17. The van der Waals surface area contributed by atoms with Gasteiger partial charge in [0.15, 0.2) is 5.11 Å². The summed E-state index contributed by atoms with van der Waals surface area (Å²) in [6, 6.07) is 17.7. The van der Waals surface area contributed by atoms with E-state index in [0.29, 0.717) is 30.4 Å². The summed E-state index contributed by atoms with van der Waals surface area (Å²) in [7, 11) is 0. The van der Waals surface area contributed by atoms with Crippen LogP contribution in [0.25, 0.3) is 0 Å². The van der Waals surface area contributed by atoms with Crippen LogP contribution in [0.2, 0.25) is 0 Å². The van der Waals surface area contributed by atoms with E-state index in [-0.39, 0.29) is 42.0 Å². The minimum Gasteiger partial charge on any atom is -0.359 e. The molecule has 0 bridgehead atoms. The van der Waals surface area contributed by atoms with E-state index >= 15 is 0 Å². The third-order valence-electron chi connectivity index (χ3n) is 7.22. The van der Waals surface area contributed by atoms with E-state index in [1.165, 1.54) is 5.56 Å². The van der Waals surface area contributed by atoms with Crippen LogP contribution in [0.5, 0.6) is 0 Å². The molecule has 2 aromatic carbocycles. The first-order valence-electron chi connectivity index (χ1n) is 12.3. The first-order chi connectivity index (χ1) is 17.0. The number of aryl methyl sites for hydroxylation is 1. The predicted molar refractivity (Wildman–Crippen MR) is 136 cm³/mol. The van der Waals surface area contributed by atoms with E-state index in [1.54, 1.807) is 17.0 Å². The van der Waals surface area contributed by atoms with Crippen LogP contribution in [0.4, 0.5) is 0 Å². The predicted octanol–water partition coefficient (Wildman–Crippen LogP) is 3.17. The van der Waals surface area contributed by atoms with Gasteiger partial charge in [0.05, 0.1) is 24.7 Å². The Bertz CT molecular complexity index is 1080. The van der Waals surface area contributed by atoms with E-state index in [0.717, 1.165) is 24.8 Å². The van der Waals surface area contributed by atoms with Crippen LogP contribution in [-0.2, 0) is 27.2 Å². The number of carbonyl (C=O) groups is 2. The molecule has 7 nitrogen and oxygen atoms in total. The molecule has 3 aliphatic rings. The SMILES string of the molecule is CC(CCc1ccccc1)NC(=O)c1ccc(CN2C(=O)C3CC4OCOC4CC3NC2=S)cc1. The lowest BCUT2D eigenvalue weighted by molar-refractivity contribution is -0.137. The highest BCUT2D eigenvalue weighted by atomic mass is 32.1. The van der Waals surface area contributed by atoms with Crippen LogP contribution in [0.1, 0.15) is 47.7 Å². The van der Waals surface area contributed by atoms with Crippen molar-refractivity contribution in [3.63, 3.8) is 0 Å². The molecule has 2 saturated heterocycles. The van der Waals surface area contributed by atoms with Crippen LogP contribution < -0.4 is 10.6 Å². The van der Waals surface area contributed by atoms with Gasteiger partial charge >= 0.3 is 0 Å². The highest BCUT2D eigenvalue weighted by Crippen LogP contribution is 2.35. The Morgan fingerprint density at radius 2 is 1.80 bits per heavy atom. The zero-order valence-electron chi connectivity index (χ0n) is 19.8. The van der Waals surface area contributed by atoms with Gasteiger partial charge < -0.3 is 20.1 Å². The van der Waals surface area contributed by atoms with Crippen LogP contribution in [-0.4, -0.2) is 52.9 Å². The fourth-order valence-corrected chi connectivity index (χ4v) is 5.47. The Balaban J connectivity index is 1.15. The van der Waals surface area contributed by atoms with Crippen LogP contribution >= 0.6 is 12.2 Å². The van der Waals surface area contributed by atoms with Crippen LogP contribution in [0.3, 0.4) is 0 Å². The number of rotatable bonds is 7. The van der Waals surface area contributed by atoms with E-state index < -0.39 is 0 Å². The Morgan fingerprint density at radius 3 is 2.54 bits per heavy atom.